The molecule has 0 aliphatic carbocycles. The van der Waals surface area contributed by atoms with Gasteiger partial charge in [0.2, 0.25) is 0 Å². The monoisotopic (exact) mass is 196 g/mol. The first-order valence-electron chi connectivity index (χ1n) is 4.62. The van der Waals surface area contributed by atoms with Crippen LogP contribution in [0.5, 0.6) is 0 Å². The summed E-state index contributed by atoms with van der Waals surface area (Å²) in [5.74, 6) is 0. The van der Waals surface area contributed by atoms with Crippen molar-refractivity contribution in [1.29, 1.82) is 0 Å². The molecule has 0 aromatic heterocycles. The average molecular weight is 196 g/mol. The fourth-order valence-corrected chi connectivity index (χ4v) is 2.23. The molecular formula is C11H16OS. The van der Waals surface area contributed by atoms with E-state index in [1.165, 1.54) is 5.56 Å². The maximum absolute atomic E-state index is 11.8. The van der Waals surface area contributed by atoms with E-state index in [4.69, 9.17) is 0 Å². The van der Waals surface area contributed by atoms with Crippen LogP contribution in [0.3, 0.4) is 0 Å². The second kappa shape index (κ2) is 4.56. The first-order valence-corrected chi connectivity index (χ1v) is 5.83. The predicted molar refractivity (Wildman–Crippen MR) is 57.3 cm³/mol. The van der Waals surface area contributed by atoms with Crippen molar-refractivity contribution >= 4 is 10.8 Å². The number of aryl methyl sites for hydroxylation is 1. The fourth-order valence-electron chi connectivity index (χ4n) is 1.06. The summed E-state index contributed by atoms with van der Waals surface area (Å²) in [6, 6.07) is 7.93. The molecule has 1 rings (SSSR count). The van der Waals surface area contributed by atoms with Crippen molar-refractivity contribution in [2.24, 2.45) is 0 Å². The lowest BCUT2D eigenvalue weighted by molar-refractivity contribution is 0.670. The zero-order valence-electron chi connectivity index (χ0n) is 8.41. The Bertz CT molecular complexity index is 289. The molecule has 13 heavy (non-hydrogen) atoms. The van der Waals surface area contributed by atoms with Gasteiger partial charge in [0.15, 0.2) is 0 Å². The van der Waals surface area contributed by atoms with Crippen LogP contribution in [-0.2, 0) is 10.8 Å². The highest BCUT2D eigenvalue weighted by Gasteiger charge is 2.10. The maximum atomic E-state index is 11.8. The minimum Gasteiger partial charge on any atom is -0.254 e. The summed E-state index contributed by atoms with van der Waals surface area (Å²) < 4.78 is 11.8. The van der Waals surface area contributed by atoms with Gasteiger partial charge >= 0.3 is 0 Å². The highest BCUT2D eigenvalue weighted by Crippen LogP contribution is 2.13. The molecule has 1 unspecified atom stereocenters. The van der Waals surface area contributed by atoms with Crippen molar-refractivity contribution in [2.75, 3.05) is 0 Å². The summed E-state index contributed by atoms with van der Waals surface area (Å²) in [6.45, 7) is 6.13. The largest absolute Gasteiger partial charge is 0.254 e. The normalized spacial score (nSPS) is 15.3. The van der Waals surface area contributed by atoms with Gasteiger partial charge < -0.3 is 0 Å². The van der Waals surface area contributed by atoms with Crippen LogP contribution in [0, 0.1) is 6.92 Å². The standard InChI is InChI=1S/C11H16OS/c1-4-10(3)13(12)11-7-5-9(2)6-8-11/h5-8,10H,4H2,1-3H3/t10-,13?/m1/s1. The molecule has 1 aromatic carbocycles. The Morgan fingerprint density at radius 3 is 2.31 bits per heavy atom. The van der Waals surface area contributed by atoms with E-state index in [-0.39, 0.29) is 5.25 Å². The summed E-state index contributed by atoms with van der Waals surface area (Å²) in [5.41, 5.74) is 1.21. The van der Waals surface area contributed by atoms with E-state index in [1.807, 2.05) is 38.1 Å². The number of benzene rings is 1. The quantitative estimate of drug-likeness (QED) is 0.726. The van der Waals surface area contributed by atoms with Crippen LogP contribution in [0.15, 0.2) is 29.2 Å². The molecule has 0 bridgehead atoms. The second-order valence-electron chi connectivity index (χ2n) is 3.33. The Kier molecular flexibility index (Phi) is 3.67. The van der Waals surface area contributed by atoms with Crippen molar-refractivity contribution in [3.05, 3.63) is 29.8 Å². The molecular weight excluding hydrogens is 180 g/mol. The summed E-state index contributed by atoms with van der Waals surface area (Å²) in [5, 5.41) is 0.253. The molecule has 0 aliphatic rings. The van der Waals surface area contributed by atoms with E-state index in [0.29, 0.717) is 0 Å². The van der Waals surface area contributed by atoms with Crippen LogP contribution in [-0.4, -0.2) is 9.46 Å². The molecule has 0 saturated carbocycles. The van der Waals surface area contributed by atoms with Crippen molar-refractivity contribution in [3.8, 4) is 0 Å². The Hall–Kier alpha value is -0.630. The molecule has 1 aromatic rings. The van der Waals surface area contributed by atoms with Gasteiger partial charge in [0.25, 0.3) is 0 Å². The van der Waals surface area contributed by atoms with Gasteiger partial charge in [-0.1, -0.05) is 31.5 Å². The molecule has 0 heterocycles. The summed E-state index contributed by atoms with van der Waals surface area (Å²) in [6.07, 6.45) is 0.959. The zero-order chi connectivity index (χ0) is 9.84. The van der Waals surface area contributed by atoms with Crippen LogP contribution in [0.1, 0.15) is 25.8 Å². The fraction of sp³-hybridized carbons (Fsp3) is 0.455. The van der Waals surface area contributed by atoms with Crippen LogP contribution in [0.2, 0.25) is 0 Å². The zero-order valence-corrected chi connectivity index (χ0v) is 9.23. The number of hydrogen-bond donors (Lipinski definition) is 0. The Labute approximate surface area is 82.6 Å². The molecule has 2 heteroatoms. The lowest BCUT2D eigenvalue weighted by Crippen LogP contribution is -2.09. The third-order valence-electron chi connectivity index (χ3n) is 2.19. The minimum absolute atomic E-state index is 0.253. The van der Waals surface area contributed by atoms with Crippen molar-refractivity contribution in [1.82, 2.24) is 0 Å². The van der Waals surface area contributed by atoms with Crippen molar-refractivity contribution in [2.45, 2.75) is 37.3 Å². The molecule has 2 atom stereocenters. The van der Waals surface area contributed by atoms with Crippen molar-refractivity contribution < 1.29 is 4.21 Å². The smallest absolute Gasteiger partial charge is 0.0557 e. The molecule has 1 nitrogen and oxygen atoms in total. The Balaban J connectivity index is 2.83. The van der Waals surface area contributed by atoms with Gasteiger partial charge in [0, 0.05) is 10.1 Å². The molecule has 0 saturated heterocycles. The molecule has 0 aliphatic heterocycles. The molecule has 0 fully saturated rings. The van der Waals surface area contributed by atoms with Gasteiger partial charge in [-0.2, -0.15) is 0 Å². The maximum Gasteiger partial charge on any atom is 0.0557 e. The summed E-state index contributed by atoms with van der Waals surface area (Å²) in [4.78, 5) is 0.944. The lowest BCUT2D eigenvalue weighted by atomic mass is 10.2. The summed E-state index contributed by atoms with van der Waals surface area (Å²) in [7, 11) is -0.836. The van der Waals surface area contributed by atoms with Gasteiger partial charge in [0.05, 0.1) is 10.8 Å². The Morgan fingerprint density at radius 2 is 1.85 bits per heavy atom. The highest BCUT2D eigenvalue weighted by atomic mass is 32.2. The van der Waals surface area contributed by atoms with E-state index in [2.05, 4.69) is 6.92 Å². The van der Waals surface area contributed by atoms with E-state index in [1.54, 1.807) is 0 Å². The van der Waals surface area contributed by atoms with E-state index >= 15 is 0 Å². The number of hydrogen-bond acceptors (Lipinski definition) is 1. The van der Waals surface area contributed by atoms with Gasteiger partial charge in [-0.25, -0.2) is 0 Å². The first-order chi connectivity index (χ1) is 6.15. The van der Waals surface area contributed by atoms with Gasteiger partial charge in [-0.15, -0.1) is 0 Å². The van der Waals surface area contributed by atoms with Crippen LogP contribution in [0.25, 0.3) is 0 Å². The van der Waals surface area contributed by atoms with Crippen LogP contribution in [0.4, 0.5) is 0 Å². The highest BCUT2D eigenvalue weighted by molar-refractivity contribution is 7.85. The second-order valence-corrected chi connectivity index (χ2v) is 5.20. The predicted octanol–water partition coefficient (Wildman–Crippen LogP) is 2.90. The molecule has 0 N–H and O–H groups in total. The van der Waals surface area contributed by atoms with Gasteiger partial charge in [0.1, 0.15) is 0 Å². The third-order valence-corrected chi connectivity index (χ3v) is 3.99. The minimum atomic E-state index is -0.836. The van der Waals surface area contributed by atoms with Crippen LogP contribution >= 0.6 is 0 Å². The molecule has 0 spiro atoms. The SMILES string of the molecule is CC[C@@H](C)S(=O)c1ccc(C)cc1. The first kappa shape index (κ1) is 10.5. The van der Waals surface area contributed by atoms with Gasteiger partial charge in [-0.3, -0.25) is 4.21 Å². The van der Waals surface area contributed by atoms with E-state index in [9.17, 15) is 4.21 Å². The Morgan fingerprint density at radius 1 is 1.31 bits per heavy atom. The van der Waals surface area contributed by atoms with E-state index in [0.717, 1.165) is 11.3 Å². The van der Waals surface area contributed by atoms with Gasteiger partial charge in [-0.05, 0) is 25.5 Å². The third kappa shape index (κ3) is 2.66. The van der Waals surface area contributed by atoms with Crippen molar-refractivity contribution in [3.63, 3.8) is 0 Å². The summed E-state index contributed by atoms with van der Waals surface area (Å²) >= 11 is 0. The van der Waals surface area contributed by atoms with E-state index < -0.39 is 10.8 Å². The molecule has 0 amide bonds. The topological polar surface area (TPSA) is 17.1 Å². The molecule has 72 valence electrons. The molecule has 0 radical (unpaired) electrons. The lowest BCUT2D eigenvalue weighted by Gasteiger charge is -2.08. The number of rotatable bonds is 3. The van der Waals surface area contributed by atoms with Crippen LogP contribution < -0.4 is 0 Å². The average Bonchev–Trinajstić information content (AvgIpc) is 2.17.